The van der Waals surface area contributed by atoms with Gasteiger partial charge in [0.05, 0.1) is 0 Å². The van der Waals surface area contributed by atoms with Gasteiger partial charge in [0.25, 0.3) is 5.91 Å². The molecule has 25 heavy (non-hydrogen) atoms. The molecule has 0 bridgehead atoms. The van der Waals surface area contributed by atoms with Crippen molar-refractivity contribution in [3.05, 3.63) is 88.2 Å². The highest BCUT2D eigenvalue weighted by Crippen LogP contribution is 2.19. The molecule has 0 fully saturated rings. The van der Waals surface area contributed by atoms with Gasteiger partial charge in [0, 0.05) is 43.4 Å². The van der Waals surface area contributed by atoms with Gasteiger partial charge in [-0.25, -0.2) is 4.98 Å². The zero-order valence-corrected chi connectivity index (χ0v) is 14.7. The van der Waals surface area contributed by atoms with Gasteiger partial charge in [-0.3, -0.25) is 14.8 Å². The van der Waals surface area contributed by atoms with Crippen molar-refractivity contribution in [2.24, 2.45) is 0 Å². The van der Waals surface area contributed by atoms with E-state index in [0.717, 1.165) is 11.1 Å². The molecule has 3 aromatic heterocycles. The second-order valence-electron chi connectivity index (χ2n) is 5.39. The van der Waals surface area contributed by atoms with Crippen molar-refractivity contribution in [3.8, 4) is 0 Å². The lowest BCUT2D eigenvalue weighted by molar-refractivity contribution is 0.0729. The Bertz CT molecular complexity index is 798. The minimum Gasteiger partial charge on any atom is -0.330 e. The molecule has 0 aliphatic heterocycles. The summed E-state index contributed by atoms with van der Waals surface area (Å²) < 4.78 is 0. The summed E-state index contributed by atoms with van der Waals surface area (Å²) in [6.45, 7) is 0.804. The topological polar surface area (TPSA) is 59.0 Å². The SMILES string of the molecule is O=C(c1cc(Cl)nc(Cl)c1)N(Cc1cccnc1)Cc1cccnc1. The molecule has 0 radical (unpaired) electrons. The standard InChI is InChI=1S/C18H14Cl2N4O/c19-16-7-15(8-17(20)23-16)18(25)24(11-13-3-1-5-21-9-13)12-14-4-2-6-22-10-14/h1-10H,11-12H2. The summed E-state index contributed by atoms with van der Waals surface area (Å²) in [6.07, 6.45) is 6.85. The molecule has 0 N–H and O–H groups in total. The third-order valence-corrected chi connectivity index (χ3v) is 3.88. The quantitative estimate of drug-likeness (QED) is 0.634. The first-order chi connectivity index (χ1) is 12.1. The predicted molar refractivity (Wildman–Crippen MR) is 96.3 cm³/mol. The third-order valence-electron chi connectivity index (χ3n) is 3.49. The van der Waals surface area contributed by atoms with Gasteiger partial charge in [-0.15, -0.1) is 0 Å². The van der Waals surface area contributed by atoms with E-state index >= 15 is 0 Å². The molecule has 7 heteroatoms. The Morgan fingerprint density at radius 3 is 1.88 bits per heavy atom. The molecule has 0 unspecified atom stereocenters. The molecule has 0 spiro atoms. The predicted octanol–water partition coefficient (Wildman–Crippen LogP) is 4.02. The highest BCUT2D eigenvalue weighted by atomic mass is 35.5. The molecule has 3 aromatic rings. The molecule has 5 nitrogen and oxygen atoms in total. The molecule has 3 rings (SSSR count). The molecule has 1 amide bonds. The smallest absolute Gasteiger partial charge is 0.254 e. The fourth-order valence-corrected chi connectivity index (χ4v) is 2.85. The van der Waals surface area contributed by atoms with Gasteiger partial charge >= 0.3 is 0 Å². The first-order valence-corrected chi connectivity index (χ1v) is 8.27. The van der Waals surface area contributed by atoms with Crippen LogP contribution in [-0.4, -0.2) is 25.8 Å². The van der Waals surface area contributed by atoms with E-state index in [4.69, 9.17) is 23.2 Å². The molecule has 0 saturated carbocycles. The summed E-state index contributed by atoms with van der Waals surface area (Å²) >= 11 is 11.9. The lowest BCUT2D eigenvalue weighted by atomic mass is 10.1. The van der Waals surface area contributed by atoms with Crippen LogP contribution < -0.4 is 0 Å². The van der Waals surface area contributed by atoms with Crippen molar-refractivity contribution in [3.63, 3.8) is 0 Å². The zero-order chi connectivity index (χ0) is 17.6. The van der Waals surface area contributed by atoms with Crippen molar-refractivity contribution in [2.75, 3.05) is 0 Å². The minimum absolute atomic E-state index is 0.179. The van der Waals surface area contributed by atoms with Gasteiger partial charge in [0.1, 0.15) is 10.3 Å². The second kappa shape index (κ2) is 8.05. The Morgan fingerprint density at radius 2 is 1.44 bits per heavy atom. The van der Waals surface area contributed by atoms with Crippen LogP contribution in [0.5, 0.6) is 0 Å². The Balaban J connectivity index is 1.90. The first kappa shape index (κ1) is 17.3. The number of hydrogen-bond donors (Lipinski definition) is 0. The fourth-order valence-electron chi connectivity index (χ4n) is 2.39. The summed E-state index contributed by atoms with van der Waals surface area (Å²) in [6, 6.07) is 10.5. The van der Waals surface area contributed by atoms with Crippen molar-refractivity contribution in [2.45, 2.75) is 13.1 Å². The van der Waals surface area contributed by atoms with Crippen molar-refractivity contribution >= 4 is 29.1 Å². The Kier molecular flexibility index (Phi) is 5.58. The Hall–Kier alpha value is -2.50. The van der Waals surface area contributed by atoms with Gasteiger partial charge in [-0.2, -0.15) is 0 Å². The van der Waals surface area contributed by atoms with Gasteiger partial charge in [0.2, 0.25) is 0 Å². The molecular formula is C18H14Cl2N4O. The van der Waals surface area contributed by atoms with Crippen molar-refractivity contribution in [1.29, 1.82) is 0 Å². The van der Waals surface area contributed by atoms with Crippen LogP contribution in [0.15, 0.2) is 61.2 Å². The normalized spacial score (nSPS) is 10.5. The van der Waals surface area contributed by atoms with Crippen LogP contribution in [0.1, 0.15) is 21.5 Å². The van der Waals surface area contributed by atoms with Crippen molar-refractivity contribution < 1.29 is 4.79 Å². The van der Waals surface area contributed by atoms with E-state index < -0.39 is 0 Å². The summed E-state index contributed by atoms with van der Waals surface area (Å²) in [4.78, 5) is 26.8. The molecule has 0 saturated heterocycles. The van der Waals surface area contributed by atoms with E-state index in [0.29, 0.717) is 18.7 Å². The highest BCUT2D eigenvalue weighted by Gasteiger charge is 2.18. The molecule has 3 heterocycles. The van der Waals surface area contributed by atoms with Gasteiger partial charge in [-0.05, 0) is 35.4 Å². The summed E-state index contributed by atoms with van der Waals surface area (Å²) in [5.41, 5.74) is 2.23. The van der Waals surface area contributed by atoms with Crippen LogP contribution >= 0.6 is 23.2 Å². The molecular weight excluding hydrogens is 359 g/mol. The van der Waals surface area contributed by atoms with Crippen molar-refractivity contribution in [1.82, 2.24) is 19.9 Å². The van der Waals surface area contributed by atoms with Gasteiger partial charge in [-0.1, -0.05) is 35.3 Å². The van der Waals surface area contributed by atoms with Gasteiger partial charge in [0.15, 0.2) is 0 Å². The monoisotopic (exact) mass is 372 g/mol. The molecule has 0 atom stereocenters. The lowest BCUT2D eigenvalue weighted by Gasteiger charge is -2.23. The second-order valence-corrected chi connectivity index (χ2v) is 6.16. The van der Waals surface area contributed by atoms with Crippen LogP contribution in [0, 0.1) is 0 Å². The maximum atomic E-state index is 13.0. The molecule has 126 valence electrons. The fraction of sp³-hybridized carbons (Fsp3) is 0.111. The van der Waals surface area contributed by atoms with E-state index in [1.165, 1.54) is 12.1 Å². The number of carbonyl (C=O) groups is 1. The first-order valence-electron chi connectivity index (χ1n) is 7.52. The summed E-state index contributed by atoms with van der Waals surface area (Å²) in [7, 11) is 0. The lowest BCUT2D eigenvalue weighted by Crippen LogP contribution is -2.30. The number of amides is 1. The van der Waals surface area contributed by atoms with E-state index in [2.05, 4.69) is 15.0 Å². The Morgan fingerprint density at radius 1 is 0.920 bits per heavy atom. The highest BCUT2D eigenvalue weighted by molar-refractivity contribution is 6.33. The number of hydrogen-bond acceptors (Lipinski definition) is 4. The number of nitrogens with zero attached hydrogens (tertiary/aromatic N) is 4. The third kappa shape index (κ3) is 4.75. The van der Waals surface area contributed by atoms with E-state index in [9.17, 15) is 4.79 Å². The van der Waals surface area contributed by atoms with Crippen LogP contribution in [0.3, 0.4) is 0 Å². The number of pyridine rings is 3. The number of aromatic nitrogens is 3. The number of carbonyl (C=O) groups excluding carboxylic acids is 1. The van der Waals surface area contributed by atoms with Gasteiger partial charge < -0.3 is 4.90 Å². The number of halogens is 2. The van der Waals surface area contributed by atoms with E-state index in [1.807, 2.05) is 24.3 Å². The van der Waals surface area contributed by atoms with E-state index in [1.54, 1.807) is 29.7 Å². The maximum Gasteiger partial charge on any atom is 0.254 e. The van der Waals surface area contributed by atoms with E-state index in [-0.39, 0.29) is 16.2 Å². The maximum absolute atomic E-state index is 13.0. The largest absolute Gasteiger partial charge is 0.330 e. The minimum atomic E-state index is -0.195. The van der Waals surface area contributed by atoms with Crippen LogP contribution in [0.2, 0.25) is 10.3 Å². The number of rotatable bonds is 5. The van der Waals surface area contributed by atoms with Crippen LogP contribution in [0.25, 0.3) is 0 Å². The summed E-state index contributed by atoms with van der Waals surface area (Å²) in [5.74, 6) is -0.195. The molecule has 0 aliphatic carbocycles. The Labute approximate surface area is 155 Å². The molecule has 0 aliphatic rings. The average Bonchev–Trinajstić information content (AvgIpc) is 2.61. The van der Waals surface area contributed by atoms with Crippen LogP contribution in [-0.2, 0) is 13.1 Å². The molecule has 0 aromatic carbocycles. The summed E-state index contributed by atoms with van der Waals surface area (Å²) in [5, 5.41) is 0.358. The van der Waals surface area contributed by atoms with Crippen LogP contribution in [0.4, 0.5) is 0 Å². The zero-order valence-electron chi connectivity index (χ0n) is 13.1. The average molecular weight is 373 g/mol.